The molecule has 1 heterocycles. The lowest BCUT2D eigenvalue weighted by molar-refractivity contribution is 0.792. The van der Waals surface area contributed by atoms with Gasteiger partial charge in [0, 0.05) is 25.0 Å². The maximum absolute atomic E-state index is 4.24. The second kappa shape index (κ2) is 5.46. The van der Waals surface area contributed by atoms with E-state index in [0.29, 0.717) is 0 Å². The van der Waals surface area contributed by atoms with Crippen LogP contribution in [0.4, 0.5) is 5.82 Å². The zero-order valence-corrected chi connectivity index (χ0v) is 9.78. The molecule has 0 fully saturated rings. The number of aromatic nitrogens is 2. The quantitative estimate of drug-likeness (QED) is 0.765. The van der Waals surface area contributed by atoms with Crippen LogP contribution >= 0.6 is 0 Å². The molecule has 0 spiro atoms. The molecule has 0 amide bonds. The van der Waals surface area contributed by atoms with Gasteiger partial charge in [-0.3, -0.25) is 5.01 Å². The highest BCUT2D eigenvalue weighted by atomic mass is 15.5. The summed E-state index contributed by atoms with van der Waals surface area (Å²) < 4.78 is 0. The molecule has 82 valence electrons. The van der Waals surface area contributed by atoms with Crippen LogP contribution in [-0.4, -0.2) is 17.0 Å². The summed E-state index contributed by atoms with van der Waals surface area (Å²) in [6.45, 7) is 6.22. The van der Waals surface area contributed by atoms with Crippen LogP contribution in [0.5, 0.6) is 0 Å². The van der Waals surface area contributed by atoms with Crippen LogP contribution < -0.4 is 10.4 Å². The van der Waals surface area contributed by atoms with Gasteiger partial charge in [0.2, 0.25) is 0 Å². The number of hydrazine groups is 1. The molecule has 1 N–H and O–H groups in total. The fourth-order valence-corrected chi connectivity index (χ4v) is 1.19. The lowest BCUT2D eigenvalue weighted by Gasteiger charge is -2.20. The number of nitrogens with one attached hydrogen (secondary N) is 1. The largest absolute Gasteiger partial charge is 0.267 e. The van der Waals surface area contributed by atoms with Gasteiger partial charge >= 0.3 is 0 Å². The standard InChI is InChI=1S/C11H18N4/c1-5-9(2)7-15(12-4)11-10(3)6-13-8-14-11/h6-8,12H,5H2,1-4H3/b9-7+. The molecule has 1 aromatic heterocycles. The molecule has 0 saturated carbocycles. The molecule has 0 radical (unpaired) electrons. The van der Waals surface area contributed by atoms with E-state index in [2.05, 4.69) is 35.4 Å². The molecule has 0 aliphatic carbocycles. The van der Waals surface area contributed by atoms with Crippen molar-refractivity contribution < 1.29 is 0 Å². The summed E-state index contributed by atoms with van der Waals surface area (Å²) in [5.41, 5.74) is 5.43. The summed E-state index contributed by atoms with van der Waals surface area (Å²) in [6, 6.07) is 0. The van der Waals surface area contributed by atoms with E-state index in [1.165, 1.54) is 5.57 Å². The Labute approximate surface area is 91.0 Å². The number of anilines is 1. The summed E-state index contributed by atoms with van der Waals surface area (Å²) in [6.07, 6.45) is 6.45. The van der Waals surface area contributed by atoms with Crippen molar-refractivity contribution in [1.82, 2.24) is 15.4 Å². The van der Waals surface area contributed by atoms with E-state index < -0.39 is 0 Å². The Morgan fingerprint density at radius 1 is 1.60 bits per heavy atom. The Hall–Kier alpha value is -1.42. The molecular weight excluding hydrogens is 188 g/mol. The summed E-state index contributed by atoms with van der Waals surface area (Å²) >= 11 is 0. The van der Waals surface area contributed by atoms with Gasteiger partial charge in [-0.25, -0.2) is 15.4 Å². The molecule has 0 aliphatic heterocycles. The molecule has 0 aromatic carbocycles. The second-order valence-electron chi connectivity index (χ2n) is 3.45. The Bertz CT molecular complexity index is 346. The minimum Gasteiger partial charge on any atom is -0.267 e. The summed E-state index contributed by atoms with van der Waals surface area (Å²) in [5.74, 6) is 0.889. The van der Waals surface area contributed by atoms with Gasteiger partial charge in [-0.05, 0) is 20.3 Å². The Morgan fingerprint density at radius 2 is 2.33 bits per heavy atom. The number of hydrogen-bond donors (Lipinski definition) is 1. The van der Waals surface area contributed by atoms with Crippen molar-refractivity contribution in [3.8, 4) is 0 Å². The summed E-state index contributed by atoms with van der Waals surface area (Å²) in [5, 5.41) is 1.91. The first-order valence-electron chi connectivity index (χ1n) is 5.09. The molecule has 0 bridgehead atoms. The highest BCUT2D eigenvalue weighted by Crippen LogP contribution is 2.14. The van der Waals surface area contributed by atoms with E-state index in [1.807, 2.05) is 25.2 Å². The number of hydrogen-bond acceptors (Lipinski definition) is 4. The maximum Gasteiger partial charge on any atom is 0.153 e. The molecule has 0 aliphatic rings. The van der Waals surface area contributed by atoms with E-state index in [-0.39, 0.29) is 0 Å². The fraction of sp³-hybridized carbons (Fsp3) is 0.455. The molecule has 0 atom stereocenters. The Balaban J connectivity index is 2.98. The van der Waals surface area contributed by atoms with Crippen LogP contribution in [0.15, 0.2) is 24.3 Å². The monoisotopic (exact) mass is 206 g/mol. The van der Waals surface area contributed by atoms with Crippen molar-refractivity contribution >= 4 is 5.82 Å². The first kappa shape index (κ1) is 11.7. The topological polar surface area (TPSA) is 41.0 Å². The third-order valence-corrected chi connectivity index (χ3v) is 2.24. The van der Waals surface area contributed by atoms with Crippen molar-refractivity contribution in [2.75, 3.05) is 12.1 Å². The Morgan fingerprint density at radius 3 is 2.87 bits per heavy atom. The van der Waals surface area contributed by atoms with Gasteiger partial charge in [-0.1, -0.05) is 12.5 Å². The molecule has 4 heteroatoms. The van der Waals surface area contributed by atoms with Gasteiger partial charge in [-0.2, -0.15) is 0 Å². The van der Waals surface area contributed by atoms with Crippen molar-refractivity contribution in [2.45, 2.75) is 27.2 Å². The van der Waals surface area contributed by atoms with E-state index in [0.717, 1.165) is 17.8 Å². The first-order chi connectivity index (χ1) is 7.19. The van der Waals surface area contributed by atoms with E-state index in [1.54, 1.807) is 6.33 Å². The predicted molar refractivity (Wildman–Crippen MR) is 62.4 cm³/mol. The molecule has 0 saturated heterocycles. The molecule has 4 nitrogen and oxygen atoms in total. The number of nitrogens with zero attached hydrogens (tertiary/aromatic N) is 3. The van der Waals surface area contributed by atoms with Crippen molar-refractivity contribution in [1.29, 1.82) is 0 Å². The van der Waals surface area contributed by atoms with Crippen LogP contribution in [0.25, 0.3) is 0 Å². The van der Waals surface area contributed by atoms with Crippen LogP contribution in [0, 0.1) is 6.92 Å². The van der Waals surface area contributed by atoms with Gasteiger partial charge < -0.3 is 0 Å². The number of aryl methyl sites for hydroxylation is 1. The highest BCUT2D eigenvalue weighted by molar-refractivity contribution is 5.46. The molecular formula is C11H18N4. The van der Waals surface area contributed by atoms with Crippen molar-refractivity contribution in [2.24, 2.45) is 0 Å². The second-order valence-corrected chi connectivity index (χ2v) is 3.45. The van der Waals surface area contributed by atoms with Gasteiger partial charge in [0.15, 0.2) is 5.82 Å². The van der Waals surface area contributed by atoms with E-state index >= 15 is 0 Å². The number of allylic oxidation sites excluding steroid dienone is 1. The predicted octanol–water partition coefficient (Wildman–Crippen LogP) is 2.04. The van der Waals surface area contributed by atoms with Gasteiger partial charge in [-0.15, -0.1) is 0 Å². The first-order valence-corrected chi connectivity index (χ1v) is 5.09. The zero-order valence-electron chi connectivity index (χ0n) is 9.78. The SMILES string of the molecule is CC/C(C)=C/N(NC)c1ncncc1C. The molecule has 1 rings (SSSR count). The third kappa shape index (κ3) is 3.02. The molecule has 1 aromatic rings. The molecule has 15 heavy (non-hydrogen) atoms. The fourth-order valence-electron chi connectivity index (χ4n) is 1.19. The van der Waals surface area contributed by atoms with Gasteiger partial charge in [0.05, 0.1) is 0 Å². The van der Waals surface area contributed by atoms with Crippen LogP contribution in [0.1, 0.15) is 25.8 Å². The normalized spacial score (nSPS) is 11.6. The zero-order chi connectivity index (χ0) is 11.3. The lowest BCUT2D eigenvalue weighted by Crippen LogP contribution is -2.31. The van der Waals surface area contributed by atoms with Crippen LogP contribution in [-0.2, 0) is 0 Å². The molecule has 0 unspecified atom stereocenters. The number of rotatable bonds is 4. The highest BCUT2D eigenvalue weighted by Gasteiger charge is 2.06. The lowest BCUT2D eigenvalue weighted by atomic mass is 10.2. The average molecular weight is 206 g/mol. The smallest absolute Gasteiger partial charge is 0.153 e. The Kier molecular flexibility index (Phi) is 4.24. The summed E-state index contributed by atoms with van der Waals surface area (Å²) in [7, 11) is 1.88. The van der Waals surface area contributed by atoms with Gasteiger partial charge in [0.1, 0.15) is 6.33 Å². The van der Waals surface area contributed by atoms with Crippen molar-refractivity contribution in [3.63, 3.8) is 0 Å². The summed E-state index contributed by atoms with van der Waals surface area (Å²) in [4.78, 5) is 8.22. The minimum absolute atomic E-state index is 0.889. The minimum atomic E-state index is 0.889. The third-order valence-electron chi connectivity index (χ3n) is 2.24. The van der Waals surface area contributed by atoms with Crippen LogP contribution in [0.2, 0.25) is 0 Å². The van der Waals surface area contributed by atoms with Crippen molar-refractivity contribution in [3.05, 3.63) is 29.9 Å². The van der Waals surface area contributed by atoms with Gasteiger partial charge in [0.25, 0.3) is 0 Å². The van der Waals surface area contributed by atoms with E-state index in [9.17, 15) is 0 Å². The van der Waals surface area contributed by atoms with E-state index in [4.69, 9.17) is 0 Å². The van der Waals surface area contributed by atoms with Crippen LogP contribution in [0.3, 0.4) is 0 Å². The maximum atomic E-state index is 4.24. The average Bonchev–Trinajstić information content (AvgIpc) is 2.26.